The molecule has 0 bridgehead atoms. The molecule has 3 aromatic carbocycles. The Balaban J connectivity index is 1.95. The summed E-state index contributed by atoms with van der Waals surface area (Å²) in [6.07, 6.45) is 1.18. The van der Waals surface area contributed by atoms with Crippen LogP contribution in [0.15, 0.2) is 72.8 Å². The van der Waals surface area contributed by atoms with Crippen molar-refractivity contribution in [1.82, 2.24) is 0 Å². The third-order valence-corrected chi connectivity index (χ3v) is 6.01. The van der Waals surface area contributed by atoms with Gasteiger partial charge in [0.1, 0.15) is 0 Å². The molecule has 0 aliphatic heterocycles. The van der Waals surface area contributed by atoms with Crippen molar-refractivity contribution in [3.63, 3.8) is 0 Å². The van der Waals surface area contributed by atoms with Gasteiger partial charge < -0.3 is 0 Å². The molecule has 3 nitrogen and oxygen atoms in total. The second-order valence-corrected chi connectivity index (χ2v) is 8.59. The number of benzene rings is 3. The molecule has 0 heterocycles. The highest BCUT2D eigenvalue weighted by atomic mass is 35.5. The maximum Gasteiger partial charge on any atom is 0.232 e. The van der Waals surface area contributed by atoms with E-state index < -0.39 is 10.0 Å². The standard InChI is InChI=1S/C20H17Cl2NO2S/c1-26(24,25)23(14-17-8-5-9-19(21)20(17)22)18-12-10-16(11-13-18)15-6-3-2-4-7-15/h2-13H,14H2,1H3. The Kier molecular flexibility index (Phi) is 5.56. The summed E-state index contributed by atoms with van der Waals surface area (Å²) < 4.78 is 26.0. The Labute approximate surface area is 163 Å². The van der Waals surface area contributed by atoms with E-state index in [2.05, 4.69) is 0 Å². The summed E-state index contributed by atoms with van der Waals surface area (Å²) in [5, 5.41) is 0.765. The molecule has 0 unspecified atom stereocenters. The van der Waals surface area contributed by atoms with Gasteiger partial charge in [0.2, 0.25) is 10.0 Å². The van der Waals surface area contributed by atoms with Gasteiger partial charge in [0.05, 0.1) is 28.5 Å². The van der Waals surface area contributed by atoms with E-state index in [9.17, 15) is 8.42 Å². The lowest BCUT2D eigenvalue weighted by Gasteiger charge is -2.23. The van der Waals surface area contributed by atoms with E-state index in [4.69, 9.17) is 23.2 Å². The molecule has 0 aliphatic carbocycles. The molecular formula is C20H17Cl2NO2S. The summed E-state index contributed by atoms with van der Waals surface area (Å²) in [6.45, 7) is 0.114. The minimum atomic E-state index is -3.49. The van der Waals surface area contributed by atoms with Crippen LogP contribution in [0, 0.1) is 0 Å². The lowest BCUT2D eigenvalue weighted by molar-refractivity contribution is 0.596. The summed E-state index contributed by atoms with van der Waals surface area (Å²) >= 11 is 12.3. The van der Waals surface area contributed by atoms with Gasteiger partial charge in [-0.1, -0.05) is 77.8 Å². The molecule has 26 heavy (non-hydrogen) atoms. The minimum Gasteiger partial charge on any atom is -0.266 e. The van der Waals surface area contributed by atoms with Crippen LogP contribution < -0.4 is 4.31 Å². The fraction of sp³-hybridized carbons (Fsp3) is 0.100. The summed E-state index contributed by atoms with van der Waals surface area (Å²) in [5.41, 5.74) is 3.31. The monoisotopic (exact) mass is 405 g/mol. The van der Waals surface area contributed by atoms with Crippen LogP contribution in [0.4, 0.5) is 5.69 Å². The summed E-state index contributed by atoms with van der Waals surface area (Å²) in [7, 11) is -3.49. The zero-order valence-corrected chi connectivity index (χ0v) is 16.4. The van der Waals surface area contributed by atoms with E-state index in [1.807, 2.05) is 42.5 Å². The third kappa shape index (κ3) is 4.21. The average molecular weight is 406 g/mol. The van der Waals surface area contributed by atoms with Crippen molar-refractivity contribution in [3.05, 3.63) is 88.4 Å². The van der Waals surface area contributed by atoms with Crippen molar-refractivity contribution < 1.29 is 8.42 Å². The Morgan fingerprint density at radius 1 is 0.808 bits per heavy atom. The molecule has 0 N–H and O–H groups in total. The molecule has 0 fully saturated rings. The molecule has 0 atom stereocenters. The number of rotatable bonds is 5. The van der Waals surface area contributed by atoms with Crippen LogP contribution in [0.5, 0.6) is 0 Å². The van der Waals surface area contributed by atoms with E-state index >= 15 is 0 Å². The number of anilines is 1. The predicted molar refractivity (Wildman–Crippen MR) is 109 cm³/mol. The van der Waals surface area contributed by atoms with E-state index in [0.717, 1.165) is 11.1 Å². The van der Waals surface area contributed by atoms with Crippen LogP contribution >= 0.6 is 23.2 Å². The molecule has 3 rings (SSSR count). The van der Waals surface area contributed by atoms with Crippen molar-refractivity contribution in [2.45, 2.75) is 6.54 Å². The predicted octanol–water partition coefficient (Wildman–Crippen LogP) is 5.63. The highest BCUT2D eigenvalue weighted by Crippen LogP contribution is 2.30. The smallest absolute Gasteiger partial charge is 0.232 e. The zero-order chi connectivity index (χ0) is 18.7. The van der Waals surface area contributed by atoms with Crippen LogP contribution in [0.1, 0.15) is 5.56 Å². The Bertz CT molecular complexity index is 1000. The molecular weight excluding hydrogens is 389 g/mol. The van der Waals surface area contributed by atoms with Gasteiger partial charge in [-0.2, -0.15) is 0 Å². The lowest BCUT2D eigenvalue weighted by Crippen LogP contribution is -2.29. The van der Waals surface area contributed by atoms with Gasteiger partial charge >= 0.3 is 0 Å². The Morgan fingerprint density at radius 3 is 2.04 bits per heavy atom. The van der Waals surface area contributed by atoms with Crippen LogP contribution in [0.2, 0.25) is 10.0 Å². The Morgan fingerprint density at radius 2 is 1.42 bits per heavy atom. The van der Waals surface area contributed by atoms with Crippen molar-refractivity contribution in [1.29, 1.82) is 0 Å². The topological polar surface area (TPSA) is 37.4 Å². The van der Waals surface area contributed by atoms with Crippen LogP contribution in [-0.4, -0.2) is 14.7 Å². The van der Waals surface area contributed by atoms with E-state index in [1.54, 1.807) is 30.3 Å². The molecule has 3 aromatic rings. The fourth-order valence-electron chi connectivity index (χ4n) is 2.68. The summed E-state index contributed by atoms with van der Waals surface area (Å²) in [6, 6.07) is 22.5. The molecule has 0 aromatic heterocycles. The first-order valence-corrected chi connectivity index (χ1v) is 10.5. The van der Waals surface area contributed by atoms with Crippen molar-refractivity contribution >= 4 is 38.9 Å². The maximum atomic E-state index is 12.3. The first kappa shape index (κ1) is 18.8. The normalized spacial score (nSPS) is 11.3. The fourth-order valence-corrected chi connectivity index (χ4v) is 3.93. The average Bonchev–Trinajstić information content (AvgIpc) is 2.63. The minimum absolute atomic E-state index is 0.114. The van der Waals surface area contributed by atoms with Crippen molar-refractivity contribution in [2.24, 2.45) is 0 Å². The van der Waals surface area contributed by atoms with E-state index in [1.165, 1.54) is 10.6 Å². The quantitative estimate of drug-likeness (QED) is 0.551. The first-order valence-electron chi connectivity index (χ1n) is 7.92. The molecule has 6 heteroatoms. The second kappa shape index (κ2) is 7.70. The Hall–Kier alpha value is -2.01. The van der Waals surface area contributed by atoms with E-state index in [-0.39, 0.29) is 6.54 Å². The SMILES string of the molecule is CS(=O)(=O)N(Cc1cccc(Cl)c1Cl)c1ccc(-c2ccccc2)cc1. The lowest BCUT2D eigenvalue weighted by atomic mass is 10.1. The molecule has 0 saturated carbocycles. The van der Waals surface area contributed by atoms with Crippen molar-refractivity contribution in [2.75, 3.05) is 10.6 Å². The highest BCUT2D eigenvalue weighted by molar-refractivity contribution is 7.92. The summed E-state index contributed by atoms with van der Waals surface area (Å²) in [4.78, 5) is 0. The molecule has 0 spiro atoms. The maximum absolute atomic E-state index is 12.3. The number of nitrogens with zero attached hydrogens (tertiary/aromatic N) is 1. The third-order valence-electron chi connectivity index (χ3n) is 4.01. The largest absolute Gasteiger partial charge is 0.266 e. The molecule has 134 valence electrons. The number of hydrogen-bond acceptors (Lipinski definition) is 2. The first-order chi connectivity index (χ1) is 12.4. The second-order valence-electron chi connectivity index (χ2n) is 5.90. The van der Waals surface area contributed by atoms with Gasteiger partial charge in [0.15, 0.2) is 0 Å². The number of sulfonamides is 1. The highest BCUT2D eigenvalue weighted by Gasteiger charge is 2.19. The van der Waals surface area contributed by atoms with Gasteiger partial charge in [-0.3, -0.25) is 4.31 Å². The zero-order valence-electron chi connectivity index (χ0n) is 14.1. The molecule has 0 radical (unpaired) electrons. The van der Waals surface area contributed by atoms with Gasteiger partial charge in [-0.15, -0.1) is 0 Å². The summed E-state index contributed by atoms with van der Waals surface area (Å²) in [5.74, 6) is 0. The van der Waals surface area contributed by atoms with E-state index in [0.29, 0.717) is 21.3 Å². The molecule has 0 amide bonds. The van der Waals surface area contributed by atoms with Gasteiger partial charge in [-0.25, -0.2) is 8.42 Å². The van der Waals surface area contributed by atoms with Crippen LogP contribution in [0.3, 0.4) is 0 Å². The number of hydrogen-bond donors (Lipinski definition) is 0. The van der Waals surface area contributed by atoms with Gasteiger partial charge in [-0.05, 0) is 34.9 Å². The van der Waals surface area contributed by atoms with Crippen LogP contribution in [0.25, 0.3) is 11.1 Å². The molecule has 0 aliphatic rings. The van der Waals surface area contributed by atoms with Gasteiger partial charge in [0.25, 0.3) is 0 Å². The van der Waals surface area contributed by atoms with Crippen LogP contribution in [-0.2, 0) is 16.6 Å². The van der Waals surface area contributed by atoms with Gasteiger partial charge in [0, 0.05) is 0 Å². The number of halogens is 2. The molecule has 0 saturated heterocycles. The van der Waals surface area contributed by atoms with Crippen molar-refractivity contribution in [3.8, 4) is 11.1 Å².